The van der Waals surface area contributed by atoms with Gasteiger partial charge in [0.15, 0.2) is 11.5 Å². The number of hydrogen-bond acceptors (Lipinski definition) is 5. The van der Waals surface area contributed by atoms with E-state index in [9.17, 15) is 18.0 Å². The first kappa shape index (κ1) is 18.6. The van der Waals surface area contributed by atoms with Crippen LogP contribution < -0.4 is 19.9 Å². The summed E-state index contributed by atoms with van der Waals surface area (Å²) >= 11 is 0. The quantitative estimate of drug-likeness (QED) is 0.656. The fourth-order valence-electron chi connectivity index (χ4n) is 2.19. The highest BCUT2D eigenvalue weighted by atomic mass is 19.4. The largest absolute Gasteiger partial charge is 0.573 e. The first-order chi connectivity index (χ1) is 11.7. The van der Waals surface area contributed by atoms with Crippen molar-refractivity contribution in [3.8, 4) is 17.2 Å². The molecule has 0 aliphatic heterocycles. The van der Waals surface area contributed by atoms with E-state index in [-0.39, 0.29) is 11.5 Å². The highest BCUT2D eigenvalue weighted by Gasteiger charge is 2.31. The first-order valence-electron chi connectivity index (χ1n) is 7.17. The number of nitrogens with two attached hydrogens (primary N) is 1. The van der Waals surface area contributed by atoms with E-state index in [0.29, 0.717) is 16.9 Å². The molecular weight excluding hydrogens is 339 g/mol. The molecule has 0 aliphatic rings. The number of alkyl halides is 3. The zero-order valence-corrected chi connectivity index (χ0v) is 13.5. The Kier molecular flexibility index (Phi) is 5.53. The number of rotatable bonds is 5. The van der Waals surface area contributed by atoms with E-state index in [4.69, 9.17) is 15.2 Å². The second kappa shape index (κ2) is 7.43. The van der Waals surface area contributed by atoms with Crippen LogP contribution in [0, 0.1) is 0 Å². The third-order valence-corrected chi connectivity index (χ3v) is 3.27. The fraction of sp³-hybridized carbons (Fsp3) is 0.235. The molecule has 0 amide bonds. The van der Waals surface area contributed by atoms with Crippen molar-refractivity contribution in [3.05, 3.63) is 53.6 Å². The van der Waals surface area contributed by atoms with E-state index in [0.717, 1.165) is 0 Å². The molecule has 0 heterocycles. The lowest BCUT2D eigenvalue weighted by molar-refractivity contribution is -0.274. The van der Waals surface area contributed by atoms with Crippen LogP contribution in [-0.2, 0) is 4.79 Å². The minimum absolute atomic E-state index is 0.250. The molecule has 1 atom stereocenters. The van der Waals surface area contributed by atoms with Gasteiger partial charge in [0.05, 0.1) is 13.2 Å². The van der Waals surface area contributed by atoms with Gasteiger partial charge in [-0.05, 0) is 35.4 Å². The Morgan fingerprint density at radius 1 is 1.04 bits per heavy atom. The molecule has 0 bridgehead atoms. The molecule has 2 aromatic carbocycles. The highest BCUT2D eigenvalue weighted by Crippen LogP contribution is 2.32. The second-order valence-corrected chi connectivity index (χ2v) is 5.10. The predicted molar refractivity (Wildman–Crippen MR) is 83.5 cm³/mol. The van der Waals surface area contributed by atoms with Gasteiger partial charge in [0.25, 0.3) is 0 Å². The minimum atomic E-state index is -4.75. The van der Waals surface area contributed by atoms with Gasteiger partial charge in [-0.3, -0.25) is 4.79 Å². The Balaban J connectivity index is 2.22. The average Bonchev–Trinajstić information content (AvgIpc) is 2.53. The Bertz CT molecular complexity index is 745. The molecular formula is C17H16F3NO4. The summed E-state index contributed by atoms with van der Waals surface area (Å²) in [4.78, 5) is 11.1. The summed E-state index contributed by atoms with van der Waals surface area (Å²) in [5.41, 5.74) is 7.36. The number of esters is 1. The third kappa shape index (κ3) is 5.12. The van der Waals surface area contributed by atoms with Crippen LogP contribution in [0.5, 0.6) is 17.2 Å². The summed E-state index contributed by atoms with van der Waals surface area (Å²) in [6.45, 7) is 1.27. The number of halogens is 3. The minimum Gasteiger partial charge on any atom is -0.493 e. The maximum atomic E-state index is 12.2. The van der Waals surface area contributed by atoms with E-state index >= 15 is 0 Å². The average molecular weight is 355 g/mol. The molecule has 0 fully saturated rings. The Hall–Kier alpha value is -2.74. The number of hydrogen-bond donors (Lipinski definition) is 1. The molecule has 2 N–H and O–H groups in total. The molecule has 8 heteroatoms. The lowest BCUT2D eigenvalue weighted by Crippen LogP contribution is -2.17. The molecule has 2 aromatic rings. The fourth-order valence-corrected chi connectivity index (χ4v) is 2.19. The standard InChI is InChI=1S/C17H16F3NO4/c1-10(22)24-14-8-5-12(9-15(14)23-2)16(21)11-3-6-13(7-4-11)25-17(18,19)20/h3-9,16H,21H2,1-2H3/t16-/m0/s1. The van der Waals surface area contributed by atoms with Crippen molar-refractivity contribution >= 4 is 5.97 Å². The lowest BCUT2D eigenvalue weighted by Gasteiger charge is -2.16. The van der Waals surface area contributed by atoms with Gasteiger partial charge in [0.1, 0.15) is 5.75 Å². The van der Waals surface area contributed by atoms with Crippen LogP contribution in [0.4, 0.5) is 13.2 Å². The number of benzene rings is 2. The van der Waals surface area contributed by atoms with Crippen molar-refractivity contribution in [1.29, 1.82) is 0 Å². The van der Waals surface area contributed by atoms with Gasteiger partial charge in [-0.25, -0.2) is 0 Å². The molecule has 0 saturated carbocycles. The molecule has 25 heavy (non-hydrogen) atoms. The smallest absolute Gasteiger partial charge is 0.493 e. The molecule has 0 saturated heterocycles. The normalized spacial score (nSPS) is 12.4. The van der Waals surface area contributed by atoms with Crippen LogP contribution >= 0.6 is 0 Å². The summed E-state index contributed by atoms with van der Waals surface area (Å²) in [7, 11) is 1.42. The van der Waals surface area contributed by atoms with Crippen molar-refractivity contribution in [3.63, 3.8) is 0 Å². The second-order valence-electron chi connectivity index (χ2n) is 5.10. The summed E-state index contributed by atoms with van der Waals surface area (Å²) < 4.78 is 50.5. The molecule has 2 rings (SSSR count). The number of ether oxygens (including phenoxy) is 3. The number of methoxy groups -OCH3 is 1. The van der Waals surface area contributed by atoms with Gasteiger partial charge in [-0.2, -0.15) is 0 Å². The molecule has 0 aromatic heterocycles. The zero-order valence-electron chi connectivity index (χ0n) is 13.5. The predicted octanol–water partition coefficient (Wildman–Crippen LogP) is 3.57. The van der Waals surface area contributed by atoms with E-state index in [1.165, 1.54) is 44.4 Å². The molecule has 0 radical (unpaired) electrons. The van der Waals surface area contributed by atoms with Gasteiger partial charge < -0.3 is 19.9 Å². The third-order valence-electron chi connectivity index (χ3n) is 3.27. The maximum Gasteiger partial charge on any atom is 0.573 e. The molecule has 0 spiro atoms. The highest BCUT2D eigenvalue weighted by molar-refractivity contribution is 5.70. The van der Waals surface area contributed by atoms with Crippen LogP contribution in [0.1, 0.15) is 24.1 Å². The maximum absolute atomic E-state index is 12.2. The van der Waals surface area contributed by atoms with Crippen LogP contribution in [0.3, 0.4) is 0 Å². The monoisotopic (exact) mass is 355 g/mol. The zero-order chi connectivity index (χ0) is 18.6. The Labute approximate surface area is 142 Å². The summed E-state index contributed by atoms with van der Waals surface area (Å²) in [6, 6.07) is 9.43. The summed E-state index contributed by atoms with van der Waals surface area (Å²) in [6.07, 6.45) is -4.75. The van der Waals surface area contributed by atoms with Crippen molar-refractivity contribution < 1.29 is 32.2 Å². The van der Waals surface area contributed by atoms with Gasteiger partial charge in [-0.15, -0.1) is 13.2 Å². The van der Waals surface area contributed by atoms with Gasteiger partial charge in [-0.1, -0.05) is 18.2 Å². The molecule has 5 nitrogen and oxygen atoms in total. The molecule has 0 aliphatic carbocycles. The first-order valence-corrected chi connectivity index (χ1v) is 7.17. The van der Waals surface area contributed by atoms with Crippen LogP contribution in [0.2, 0.25) is 0 Å². The van der Waals surface area contributed by atoms with Gasteiger partial charge in [0, 0.05) is 6.92 Å². The Morgan fingerprint density at radius 3 is 2.16 bits per heavy atom. The van der Waals surface area contributed by atoms with E-state index in [1.807, 2.05) is 0 Å². The molecule has 0 unspecified atom stereocenters. The van der Waals surface area contributed by atoms with Crippen molar-refractivity contribution in [2.75, 3.05) is 7.11 Å². The van der Waals surface area contributed by atoms with Gasteiger partial charge in [0.2, 0.25) is 0 Å². The topological polar surface area (TPSA) is 70.8 Å². The van der Waals surface area contributed by atoms with Crippen molar-refractivity contribution in [2.24, 2.45) is 5.73 Å². The summed E-state index contributed by atoms with van der Waals surface area (Å²) in [5, 5.41) is 0. The van der Waals surface area contributed by atoms with E-state index in [2.05, 4.69) is 4.74 Å². The van der Waals surface area contributed by atoms with Crippen molar-refractivity contribution in [2.45, 2.75) is 19.3 Å². The SMILES string of the molecule is COc1cc([C@@H](N)c2ccc(OC(F)(F)F)cc2)ccc1OC(C)=O. The number of carbonyl (C=O) groups excluding carboxylic acids is 1. The summed E-state index contributed by atoms with van der Waals surface area (Å²) in [5.74, 6) is -0.248. The van der Waals surface area contributed by atoms with E-state index < -0.39 is 18.4 Å². The molecule has 134 valence electrons. The number of carbonyl (C=O) groups is 1. The van der Waals surface area contributed by atoms with Crippen LogP contribution in [0.15, 0.2) is 42.5 Å². The Morgan fingerprint density at radius 2 is 1.64 bits per heavy atom. The van der Waals surface area contributed by atoms with Crippen LogP contribution in [0.25, 0.3) is 0 Å². The van der Waals surface area contributed by atoms with Crippen molar-refractivity contribution in [1.82, 2.24) is 0 Å². The van der Waals surface area contributed by atoms with E-state index in [1.54, 1.807) is 12.1 Å². The van der Waals surface area contributed by atoms with Crippen LogP contribution in [-0.4, -0.2) is 19.4 Å². The lowest BCUT2D eigenvalue weighted by atomic mass is 9.99. The van der Waals surface area contributed by atoms with Gasteiger partial charge >= 0.3 is 12.3 Å².